The molecule has 24 heavy (non-hydrogen) atoms. The number of hydrogen-bond acceptors (Lipinski definition) is 14. The largest absolute Gasteiger partial charge is 0.368 e. The van der Waals surface area contributed by atoms with E-state index in [2.05, 4.69) is 67.3 Å². The van der Waals surface area contributed by atoms with Gasteiger partial charge >= 0.3 is 0 Å². The van der Waals surface area contributed by atoms with E-state index in [0.29, 0.717) is 6.54 Å². The van der Waals surface area contributed by atoms with E-state index >= 15 is 0 Å². The molecule has 9 N–H and O–H groups in total. The molecule has 0 aliphatic heterocycles. The van der Waals surface area contributed by atoms with Gasteiger partial charge in [-0.25, -0.2) is 16.4 Å². The molecular formula is C8H14N16. The van der Waals surface area contributed by atoms with Crippen LogP contribution in [0.2, 0.25) is 0 Å². The molecule has 3 aromatic rings. The van der Waals surface area contributed by atoms with E-state index in [1.165, 1.54) is 4.68 Å². The van der Waals surface area contributed by atoms with Gasteiger partial charge in [-0.05, 0) is 0 Å². The first-order valence-electron chi connectivity index (χ1n) is 6.64. The van der Waals surface area contributed by atoms with Crippen LogP contribution in [-0.2, 0) is 0 Å². The SMILES string of the molecule is CCNNc1nc(N)n(-c2nnc(Nc3nc(NN)n[nH]3)nn2)n1. The highest BCUT2D eigenvalue weighted by Crippen LogP contribution is 2.10. The third kappa shape index (κ3) is 3.23. The van der Waals surface area contributed by atoms with Crippen molar-refractivity contribution in [2.24, 2.45) is 5.84 Å². The smallest absolute Gasteiger partial charge is 0.292 e. The number of nitrogens with zero attached hydrogens (tertiary/aromatic N) is 9. The number of hydrogen-bond donors (Lipinski definition) is 7. The van der Waals surface area contributed by atoms with Crippen molar-refractivity contribution in [1.29, 1.82) is 0 Å². The molecule has 0 bridgehead atoms. The van der Waals surface area contributed by atoms with E-state index in [0.717, 1.165) is 0 Å². The molecule has 0 fully saturated rings. The van der Waals surface area contributed by atoms with Crippen LogP contribution in [0.15, 0.2) is 0 Å². The van der Waals surface area contributed by atoms with Gasteiger partial charge in [-0.2, -0.15) is 14.6 Å². The monoisotopic (exact) mass is 334 g/mol. The quantitative estimate of drug-likeness (QED) is 0.175. The molecule has 0 spiro atoms. The van der Waals surface area contributed by atoms with Crippen molar-refractivity contribution in [3.05, 3.63) is 0 Å². The Morgan fingerprint density at radius 1 is 1.08 bits per heavy atom. The van der Waals surface area contributed by atoms with Crippen molar-refractivity contribution < 1.29 is 0 Å². The minimum Gasteiger partial charge on any atom is -0.368 e. The number of nitrogens with two attached hydrogens (primary N) is 2. The number of nitrogens with one attached hydrogen (secondary N) is 5. The van der Waals surface area contributed by atoms with Crippen molar-refractivity contribution in [2.45, 2.75) is 6.92 Å². The minimum absolute atomic E-state index is 0.0528. The molecule has 126 valence electrons. The Labute approximate surface area is 133 Å². The number of aromatic amines is 1. The van der Waals surface area contributed by atoms with Crippen LogP contribution in [-0.4, -0.2) is 56.9 Å². The van der Waals surface area contributed by atoms with E-state index < -0.39 is 0 Å². The molecule has 0 saturated heterocycles. The van der Waals surface area contributed by atoms with E-state index in [-0.39, 0.29) is 35.7 Å². The zero-order chi connectivity index (χ0) is 16.9. The summed E-state index contributed by atoms with van der Waals surface area (Å²) < 4.78 is 1.19. The van der Waals surface area contributed by atoms with E-state index in [4.69, 9.17) is 11.6 Å². The van der Waals surface area contributed by atoms with Gasteiger partial charge in [-0.3, -0.25) is 16.2 Å². The third-order valence-electron chi connectivity index (χ3n) is 2.51. The highest BCUT2D eigenvalue weighted by atomic mass is 15.5. The Bertz CT molecular complexity index is 787. The summed E-state index contributed by atoms with van der Waals surface area (Å²) in [7, 11) is 0. The molecule has 0 aliphatic carbocycles. The molecule has 0 aliphatic rings. The molecule has 16 nitrogen and oxygen atoms in total. The predicted octanol–water partition coefficient (Wildman–Crippen LogP) is -2.49. The minimum atomic E-state index is 0.0528. The van der Waals surface area contributed by atoms with E-state index in [1.807, 2.05) is 6.92 Å². The zero-order valence-corrected chi connectivity index (χ0v) is 12.4. The number of aromatic nitrogens is 10. The maximum Gasteiger partial charge on any atom is 0.292 e. The van der Waals surface area contributed by atoms with Crippen LogP contribution in [0, 0.1) is 0 Å². The van der Waals surface area contributed by atoms with Crippen LogP contribution < -0.4 is 33.2 Å². The molecule has 0 atom stereocenters. The van der Waals surface area contributed by atoms with Gasteiger partial charge in [0, 0.05) is 6.54 Å². The van der Waals surface area contributed by atoms with Crippen LogP contribution in [0.5, 0.6) is 0 Å². The second-order valence-electron chi connectivity index (χ2n) is 4.16. The Balaban J connectivity index is 1.73. The van der Waals surface area contributed by atoms with Crippen molar-refractivity contribution >= 4 is 29.7 Å². The van der Waals surface area contributed by atoms with Gasteiger partial charge < -0.3 is 5.73 Å². The van der Waals surface area contributed by atoms with Gasteiger partial charge in [-0.15, -0.1) is 30.6 Å². The zero-order valence-electron chi connectivity index (χ0n) is 12.4. The van der Waals surface area contributed by atoms with Gasteiger partial charge in [-0.1, -0.05) is 6.92 Å². The van der Waals surface area contributed by atoms with E-state index in [1.54, 1.807) is 0 Å². The molecule has 0 radical (unpaired) electrons. The topological polar surface area (TPSA) is 224 Å². The average Bonchev–Trinajstić information content (AvgIpc) is 3.20. The highest BCUT2D eigenvalue weighted by Gasteiger charge is 2.13. The van der Waals surface area contributed by atoms with Gasteiger partial charge in [0.05, 0.1) is 0 Å². The molecular weight excluding hydrogens is 320 g/mol. The van der Waals surface area contributed by atoms with Crippen LogP contribution in [0.25, 0.3) is 5.95 Å². The lowest BCUT2D eigenvalue weighted by Crippen LogP contribution is -2.21. The number of anilines is 5. The van der Waals surface area contributed by atoms with Gasteiger partial charge in [0.15, 0.2) is 0 Å². The molecule has 16 heteroatoms. The van der Waals surface area contributed by atoms with Crippen LogP contribution in [0.1, 0.15) is 6.92 Å². The molecule has 3 rings (SSSR count). The summed E-state index contributed by atoms with van der Waals surface area (Å²) in [6.07, 6.45) is 0. The first kappa shape index (κ1) is 15.2. The summed E-state index contributed by atoms with van der Waals surface area (Å²) in [5, 5.41) is 28.5. The summed E-state index contributed by atoms with van der Waals surface area (Å²) in [6, 6.07) is 0. The van der Waals surface area contributed by atoms with Crippen molar-refractivity contribution in [2.75, 3.05) is 28.4 Å². The Morgan fingerprint density at radius 2 is 1.88 bits per heavy atom. The van der Waals surface area contributed by atoms with Crippen molar-refractivity contribution in [3.63, 3.8) is 0 Å². The first-order chi connectivity index (χ1) is 11.7. The van der Waals surface area contributed by atoms with Gasteiger partial charge in [0.1, 0.15) is 0 Å². The van der Waals surface area contributed by atoms with Gasteiger partial charge in [0.2, 0.25) is 11.9 Å². The maximum atomic E-state index is 5.75. The Morgan fingerprint density at radius 3 is 2.54 bits per heavy atom. The standard InChI is InChI=1S/C8H14N16/c1-2-11-16-7-12-3(9)24(23-7)8-21-19-6(20-22-8)14-4-13-5(15-10)18-17-4/h11H,2,10H2,1H3,(H3,9,12,16,23)(H3,13,14,15,17,18,19,20). The number of H-pyrrole nitrogens is 1. The summed E-state index contributed by atoms with van der Waals surface area (Å²) in [5.41, 5.74) is 13.6. The lowest BCUT2D eigenvalue weighted by molar-refractivity contribution is 0.734. The third-order valence-corrected chi connectivity index (χ3v) is 2.51. The lowest BCUT2D eigenvalue weighted by atomic mass is 10.8. The highest BCUT2D eigenvalue weighted by molar-refractivity contribution is 5.43. The summed E-state index contributed by atoms with van der Waals surface area (Å²) in [5.74, 6) is 6.12. The van der Waals surface area contributed by atoms with Crippen molar-refractivity contribution in [3.8, 4) is 5.95 Å². The fourth-order valence-corrected chi connectivity index (χ4v) is 1.54. The fourth-order valence-electron chi connectivity index (χ4n) is 1.54. The molecule has 0 aromatic carbocycles. The average molecular weight is 334 g/mol. The maximum absolute atomic E-state index is 5.75. The summed E-state index contributed by atoms with van der Waals surface area (Å²) in [6.45, 7) is 2.59. The van der Waals surface area contributed by atoms with Gasteiger partial charge in [0.25, 0.3) is 23.8 Å². The summed E-state index contributed by atoms with van der Waals surface area (Å²) in [4.78, 5) is 7.93. The second-order valence-corrected chi connectivity index (χ2v) is 4.16. The number of nitrogen functional groups attached to an aromatic ring is 2. The summed E-state index contributed by atoms with van der Waals surface area (Å²) >= 11 is 0. The number of hydrazine groups is 2. The van der Waals surface area contributed by atoms with Crippen LogP contribution in [0.3, 0.4) is 0 Å². The number of rotatable bonds is 7. The Kier molecular flexibility index (Phi) is 4.21. The second kappa shape index (κ2) is 6.62. The lowest BCUT2D eigenvalue weighted by Gasteiger charge is -2.01. The molecule has 3 aromatic heterocycles. The molecule has 3 heterocycles. The van der Waals surface area contributed by atoms with E-state index in [9.17, 15) is 0 Å². The van der Waals surface area contributed by atoms with Crippen LogP contribution in [0.4, 0.5) is 29.7 Å². The normalized spacial score (nSPS) is 10.6. The Hall–Kier alpha value is -3.66. The van der Waals surface area contributed by atoms with Crippen LogP contribution >= 0.6 is 0 Å². The predicted molar refractivity (Wildman–Crippen MR) is 81.7 cm³/mol. The fraction of sp³-hybridized carbons (Fsp3) is 0.250. The molecule has 0 unspecified atom stereocenters. The molecule has 0 saturated carbocycles. The first-order valence-corrected chi connectivity index (χ1v) is 6.64. The van der Waals surface area contributed by atoms with Crippen molar-refractivity contribution in [1.82, 2.24) is 55.8 Å². The molecule has 0 amide bonds.